The first-order valence-corrected chi connectivity index (χ1v) is 10.9. The van der Waals surface area contributed by atoms with Crippen LogP contribution in [0.2, 0.25) is 0 Å². The average Bonchev–Trinajstić information content (AvgIpc) is 3.14. The Labute approximate surface area is 167 Å². The minimum absolute atomic E-state index is 0.0705. The lowest BCUT2D eigenvalue weighted by molar-refractivity contribution is 0.0939. The molecule has 2 aromatic rings. The van der Waals surface area contributed by atoms with Gasteiger partial charge < -0.3 is 10.1 Å². The van der Waals surface area contributed by atoms with Gasteiger partial charge in [-0.1, -0.05) is 25.0 Å². The number of hydrogen-bond acceptors (Lipinski definition) is 4. The van der Waals surface area contributed by atoms with Crippen LogP contribution in [0, 0.1) is 0 Å². The molecule has 0 spiro atoms. The highest BCUT2D eigenvalue weighted by molar-refractivity contribution is 9.10. The largest absolute Gasteiger partial charge is 0.496 e. The maximum atomic E-state index is 12.8. The molecule has 6 nitrogen and oxygen atoms in total. The molecule has 2 N–H and O–H groups in total. The quantitative estimate of drug-likeness (QED) is 0.694. The number of benzene rings is 2. The van der Waals surface area contributed by atoms with Crippen LogP contribution in [0.15, 0.2) is 51.8 Å². The first-order chi connectivity index (χ1) is 12.9. The number of nitrogens with one attached hydrogen (secondary N) is 2. The van der Waals surface area contributed by atoms with E-state index in [1.165, 1.54) is 19.2 Å². The van der Waals surface area contributed by atoms with Gasteiger partial charge in [0.1, 0.15) is 5.75 Å². The molecular weight excluding hydrogens is 432 g/mol. The van der Waals surface area contributed by atoms with Gasteiger partial charge in [0.05, 0.1) is 27.7 Å². The van der Waals surface area contributed by atoms with Crippen LogP contribution in [-0.2, 0) is 10.0 Å². The fourth-order valence-electron chi connectivity index (χ4n) is 3.12. The van der Waals surface area contributed by atoms with Crippen molar-refractivity contribution in [3.8, 4) is 5.75 Å². The van der Waals surface area contributed by atoms with E-state index in [-0.39, 0.29) is 22.5 Å². The van der Waals surface area contributed by atoms with E-state index in [1.54, 1.807) is 30.3 Å². The number of sulfonamides is 1. The van der Waals surface area contributed by atoms with E-state index in [1.807, 2.05) is 0 Å². The molecule has 8 heteroatoms. The van der Waals surface area contributed by atoms with Gasteiger partial charge in [0.25, 0.3) is 15.9 Å². The van der Waals surface area contributed by atoms with Crippen molar-refractivity contribution in [3.05, 3.63) is 52.5 Å². The second-order valence-corrected chi connectivity index (χ2v) is 8.94. The summed E-state index contributed by atoms with van der Waals surface area (Å²) in [5.41, 5.74) is 0.556. The van der Waals surface area contributed by atoms with E-state index in [2.05, 4.69) is 26.0 Å². The normalized spacial score (nSPS) is 14.7. The van der Waals surface area contributed by atoms with E-state index >= 15 is 0 Å². The number of carbonyl (C=O) groups is 1. The van der Waals surface area contributed by atoms with Gasteiger partial charge >= 0.3 is 0 Å². The second-order valence-electron chi connectivity index (χ2n) is 6.40. The monoisotopic (exact) mass is 452 g/mol. The van der Waals surface area contributed by atoms with Gasteiger partial charge in [-0.2, -0.15) is 0 Å². The summed E-state index contributed by atoms with van der Waals surface area (Å²) in [6.45, 7) is 0. The Morgan fingerprint density at radius 1 is 1.15 bits per heavy atom. The SMILES string of the molecule is COc1ccc(S(=O)(=O)Nc2ccccc2C(=O)NC2CCCC2)cc1Br. The van der Waals surface area contributed by atoms with Gasteiger partial charge in [0, 0.05) is 6.04 Å². The molecule has 3 rings (SSSR count). The van der Waals surface area contributed by atoms with Gasteiger partial charge in [-0.15, -0.1) is 0 Å². The van der Waals surface area contributed by atoms with Crippen LogP contribution in [0.25, 0.3) is 0 Å². The van der Waals surface area contributed by atoms with Crippen LogP contribution in [0.3, 0.4) is 0 Å². The number of anilines is 1. The number of halogens is 1. The third-order valence-electron chi connectivity index (χ3n) is 4.54. The Morgan fingerprint density at radius 2 is 1.85 bits per heavy atom. The molecule has 0 radical (unpaired) electrons. The number of para-hydroxylation sites is 1. The summed E-state index contributed by atoms with van der Waals surface area (Å²) >= 11 is 3.29. The molecule has 0 unspecified atom stereocenters. The first kappa shape index (κ1) is 19.7. The Bertz CT molecular complexity index is 940. The maximum absolute atomic E-state index is 12.8. The minimum atomic E-state index is -3.86. The molecule has 2 aromatic carbocycles. The highest BCUT2D eigenvalue weighted by Crippen LogP contribution is 2.29. The molecule has 144 valence electrons. The van der Waals surface area contributed by atoms with Crippen molar-refractivity contribution in [2.45, 2.75) is 36.6 Å². The summed E-state index contributed by atoms with van der Waals surface area (Å²) in [5, 5.41) is 2.99. The Kier molecular flexibility index (Phi) is 6.06. The van der Waals surface area contributed by atoms with Crippen molar-refractivity contribution in [1.82, 2.24) is 5.32 Å². The molecule has 0 aliphatic heterocycles. The smallest absolute Gasteiger partial charge is 0.261 e. The summed E-state index contributed by atoms with van der Waals surface area (Å²) in [6.07, 6.45) is 4.12. The summed E-state index contributed by atoms with van der Waals surface area (Å²) in [5.74, 6) is 0.265. The highest BCUT2D eigenvalue weighted by atomic mass is 79.9. The van der Waals surface area contributed by atoms with Gasteiger partial charge in [0.15, 0.2) is 0 Å². The second kappa shape index (κ2) is 8.31. The molecule has 1 aliphatic rings. The maximum Gasteiger partial charge on any atom is 0.261 e. The third-order valence-corrected chi connectivity index (χ3v) is 6.52. The van der Waals surface area contributed by atoms with Crippen molar-refractivity contribution in [3.63, 3.8) is 0 Å². The predicted octanol–water partition coefficient (Wildman–Crippen LogP) is 3.93. The third kappa shape index (κ3) is 4.62. The molecule has 1 fully saturated rings. The molecule has 1 aliphatic carbocycles. The van der Waals surface area contributed by atoms with E-state index in [0.717, 1.165) is 25.7 Å². The Hall–Kier alpha value is -2.06. The molecule has 0 bridgehead atoms. The number of ether oxygens (including phenoxy) is 1. The summed E-state index contributed by atoms with van der Waals surface area (Å²) in [4.78, 5) is 12.7. The van der Waals surface area contributed by atoms with Crippen molar-refractivity contribution >= 4 is 37.5 Å². The zero-order valence-electron chi connectivity index (χ0n) is 14.9. The zero-order chi connectivity index (χ0) is 19.4. The predicted molar refractivity (Wildman–Crippen MR) is 108 cm³/mol. The average molecular weight is 453 g/mol. The molecule has 1 saturated carbocycles. The number of amides is 1. The van der Waals surface area contributed by atoms with Crippen LogP contribution in [0.5, 0.6) is 5.75 Å². The van der Waals surface area contributed by atoms with Crippen molar-refractivity contribution in [1.29, 1.82) is 0 Å². The number of methoxy groups -OCH3 is 1. The molecule has 27 heavy (non-hydrogen) atoms. The molecule has 0 heterocycles. The van der Waals surface area contributed by atoms with Crippen LogP contribution in [0.1, 0.15) is 36.0 Å². The van der Waals surface area contributed by atoms with Gasteiger partial charge in [-0.25, -0.2) is 8.42 Å². The number of hydrogen-bond donors (Lipinski definition) is 2. The Balaban J connectivity index is 1.84. The van der Waals surface area contributed by atoms with E-state index < -0.39 is 10.0 Å². The number of carbonyl (C=O) groups excluding carboxylic acids is 1. The molecule has 0 saturated heterocycles. The lowest BCUT2D eigenvalue weighted by atomic mass is 10.1. The van der Waals surface area contributed by atoms with E-state index in [0.29, 0.717) is 15.8 Å². The molecule has 0 aromatic heterocycles. The van der Waals surface area contributed by atoms with Gasteiger partial charge in [-0.05, 0) is 59.1 Å². The highest BCUT2D eigenvalue weighted by Gasteiger charge is 2.22. The van der Waals surface area contributed by atoms with Crippen LogP contribution < -0.4 is 14.8 Å². The van der Waals surface area contributed by atoms with E-state index in [4.69, 9.17) is 4.74 Å². The van der Waals surface area contributed by atoms with Crippen LogP contribution in [0.4, 0.5) is 5.69 Å². The fourth-order valence-corrected chi connectivity index (χ4v) is 4.92. The van der Waals surface area contributed by atoms with E-state index in [9.17, 15) is 13.2 Å². The van der Waals surface area contributed by atoms with Crippen molar-refractivity contribution < 1.29 is 17.9 Å². The van der Waals surface area contributed by atoms with Gasteiger partial charge in [0.2, 0.25) is 0 Å². The summed E-state index contributed by atoms with van der Waals surface area (Å²) < 4.78 is 33.7. The minimum Gasteiger partial charge on any atom is -0.496 e. The zero-order valence-corrected chi connectivity index (χ0v) is 17.3. The lowest BCUT2D eigenvalue weighted by Gasteiger charge is -2.16. The summed E-state index contributed by atoms with van der Waals surface area (Å²) in [7, 11) is -2.35. The first-order valence-electron chi connectivity index (χ1n) is 8.67. The van der Waals surface area contributed by atoms with Crippen LogP contribution in [-0.4, -0.2) is 27.5 Å². The van der Waals surface area contributed by atoms with Crippen molar-refractivity contribution in [2.24, 2.45) is 0 Å². The molecule has 1 amide bonds. The fraction of sp³-hybridized carbons (Fsp3) is 0.316. The molecular formula is C19H21BrN2O4S. The lowest BCUT2D eigenvalue weighted by Crippen LogP contribution is -2.33. The Morgan fingerprint density at radius 3 is 2.52 bits per heavy atom. The standard InChI is InChI=1S/C19H21BrN2O4S/c1-26-18-11-10-14(12-16(18)20)27(24,25)22-17-9-5-4-8-15(17)19(23)21-13-6-2-3-7-13/h4-5,8-13,22H,2-3,6-7H2,1H3,(H,21,23). The van der Waals surface area contributed by atoms with Crippen LogP contribution >= 0.6 is 15.9 Å². The van der Waals surface area contributed by atoms with Crippen molar-refractivity contribution in [2.75, 3.05) is 11.8 Å². The molecule has 0 atom stereocenters. The topological polar surface area (TPSA) is 84.5 Å². The summed E-state index contributed by atoms with van der Waals surface area (Å²) in [6, 6.07) is 11.2. The number of rotatable bonds is 6. The van der Waals surface area contributed by atoms with Gasteiger partial charge in [-0.3, -0.25) is 9.52 Å².